The highest BCUT2D eigenvalue weighted by Crippen LogP contribution is 2.36. The standard InChI is InChI=1S/C23H33F3N2O2/c1-21(2,3)30-20(29)27-22(11-5-4-6-12-22)13-15-28-14-10-18-17(16-28)8-7-9-19(18)23(24,25)26/h7-9H,4-6,10-16H2,1-3H3,(H,27,29). The van der Waals surface area contributed by atoms with Crippen molar-refractivity contribution < 1.29 is 22.7 Å². The Morgan fingerprint density at radius 3 is 2.50 bits per heavy atom. The molecule has 3 rings (SSSR count). The number of hydrogen-bond acceptors (Lipinski definition) is 3. The van der Waals surface area contributed by atoms with Crippen LogP contribution in [0.1, 0.15) is 76.0 Å². The molecule has 0 aromatic heterocycles. The molecule has 30 heavy (non-hydrogen) atoms. The fraction of sp³-hybridized carbons (Fsp3) is 0.696. The first-order valence-corrected chi connectivity index (χ1v) is 10.9. The van der Waals surface area contributed by atoms with Crippen LogP contribution in [0.2, 0.25) is 0 Å². The number of nitrogens with zero attached hydrogens (tertiary/aromatic N) is 1. The zero-order valence-corrected chi connectivity index (χ0v) is 18.2. The van der Waals surface area contributed by atoms with E-state index in [1.54, 1.807) is 6.07 Å². The van der Waals surface area contributed by atoms with E-state index in [1.165, 1.54) is 12.1 Å². The minimum absolute atomic E-state index is 0.297. The molecule has 1 heterocycles. The molecule has 0 radical (unpaired) electrons. The van der Waals surface area contributed by atoms with E-state index < -0.39 is 17.3 Å². The van der Waals surface area contributed by atoms with E-state index in [0.29, 0.717) is 25.1 Å². The highest BCUT2D eigenvalue weighted by atomic mass is 19.4. The molecule has 0 atom stereocenters. The van der Waals surface area contributed by atoms with Crippen molar-refractivity contribution in [3.05, 3.63) is 34.9 Å². The fourth-order valence-corrected chi connectivity index (χ4v) is 4.68. The van der Waals surface area contributed by atoms with Gasteiger partial charge in [0.25, 0.3) is 0 Å². The van der Waals surface area contributed by atoms with Gasteiger partial charge in [-0.25, -0.2) is 4.79 Å². The van der Waals surface area contributed by atoms with Crippen molar-refractivity contribution in [2.75, 3.05) is 13.1 Å². The molecule has 1 fully saturated rings. The predicted octanol–water partition coefficient (Wildman–Crippen LogP) is 5.68. The van der Waals surface area contributed by atoms with Crippen LogP contribution in [0.5, 0.6) is 0 Å². The largest absolute Gasteiger partial charge is 0.444 e. The maximum Gasteiger partial charge on any atom is 0.416 e. The molecular weight excluding hydrogens is 393 g/mol. The van der Waals surface area contributed by atoms with Gasteiger partial charge in [-0.15, -0.1) is 0 Å². The minimum Gasteiger partial charge on any atom is -0.444 e. The number of alkyl halides is 3. The highest BCUT2D eigenvalue weighted by Gasteiger charge is 2.37. The summed E-state index contributed by atoms with van der Waals surface area (Å²) in [5, 5.41) is 3.14. The van der Waals surface area contributed by atoms with Gasteiger partial charge in [0.1, 0.15) is 5.60 Å². The van der Waals surface area contributed by atoms with Crippen LogP contribution in [0.4, 0.5) is 18.0 Å². The van der Waals surface area contributed by atoms with Crippen molar-refractivity contribution in [1.29, 1.82) is 0 Å². The van der Waals surface area contributed by atoms with Crippen LogP contribution in [0.15, 0.2) is 18.2 Å². The summed E-state index contributed by atoms with van der Waals surface area (Å²) >= 11 is 0. The van der Waals surface area contributed by atoms with Crippen LogP contribution in [0.25, 0.3) is 0 Å². The molecular formula is C23H33F3N2O2. The van der Waals surface area contributed by atoms with E-state index in [2.05, 4.69) is 10.2 Å². The number of fused-ring (bicyclic) bond motifs is 1. The number of amides is 1. The van der Waals surface area contributed by atoms with E-state index in [4.69, 9.17) is 4.74 Å². The molecule has 1 amide bonds. The lowest BCUT2D eigenvalue weighted by Crippen LogP contribution is -2.52. The van der Waals surface area contributed by atoms with Gasteiger partial charge in [-0.05, 0) is 63.6 Å². The van der Waals surface area contributed by atoms with Gasteiger partial charge in [-0.1, -0.05) is 31.4 Å². The summed E-state index contributed by atoms with van der Waals surface area (Å²) in [4.78, 5) is 14.6. The Kier molecular flexibility index (Phi) is 6.70. The topological polar surface area (TPSA) is 41.6 Å². The third-order valence-corrected chi connectivity index (χ3v) is 6.13. The third-order valence-electron chi connectivity index (χ3n) is 6.13. The molecule has 1 aromatic carbocycles. The molecule has 7 heteroatoms. The van der Waals surface area contributed by atoms with Gasteiger partial charge in [0.2, 0.25) is 0 Å². The number of alkyl carbamates (subject to hydrolysis) is 1. The fourth-order valence-electron chi connectivity index (χ4n) is 4.68. The Bertz CT molecular complexity index is 750. The first-order chi connectivity index (χ1) is 14.0. The van der Waals surface area contributed by atoms with Crippen molar-refractivity contribution in [2.24, 2.45) is 0 Å². The van der Waals surface area contributed by atoms with Gasteiger partial charge in [0.15, 0.2) is 0 Å². The van der Waals surface area contributed by atoms with Crippen molar-refractivity contribution in [2.45, 2.75) is 89.6 Å². The number of carbonyl (C=O) groups excluding carboxylic acids is 1. The molecule has 0 unspecified atom stereocenters. The van der Waals surface area contributed by atoms with Crippen molar-refractivity contribution >= 4 is 6.09 Å². The van der Waals surface area contributed by atoms with Crippen LogP contribution < -0.4 is 5.32 Å². The molecule has 0 saturated heterocycles. The smallest absolute Gasteiger partial charge is 0.416 e. The van der Waals surface area contributed by atoms with Crippen molar-refractivity contribution in [1.82, 2.24) is 10.2 Å². The predicted molar refractivity (Wildman–Crippen MR) is 110 cm³/mol. The number of halogens is 3. The highest BCUT2D eigenvalue weighted by molar-refractivity contribution is 5.68. The molecule has 2 aliphatic rings. The number of hydrogen-bond donors (Lipinski definition) is 1. The summed E-state index contributed by atoms with van der Waals surface area (Å²) in [5.74, 6) is 0. The molecule has 4 nitrogen and oxygen atoms in total. The van der Waals surface area contributed by atoms with E-state index in [-0.39, 0.29) is 11.6 Å². The average molecular weight is 427 g/mol. The van der Waals surface area contributed by atoms with Crippen LogP contribution in [-0.4, -0.2) is 35.2 Å². The maximum atomic E-state index is 13.3. The third kappa shape index (κ3) is 5.90. The Morgan fingerprint density at radius 2 is 1.87 bits per heavy atom. The molecule has 1 aliphatic carbocycles. The Hall–Kier alpha value is -1.76. The van der Waals surface area contributed by atoms with E-state index in [9.17, 15) is 18.0 Å². The zero-order valence-electron chi connectivity index (χ0n) is 18.2. The van der Waals surface area contributed by atoms with Gasteiger partial charge in [-0.2, -0.15) is 13.2 Å². The molecule has 168 valence electrons. The van der Waals surface area contributed by atoms with Gasteiger partial charge in [0.05, 0.1) is 5.56 Å². The summed E-state index contributed by atoms with van der Waals surface area (Å²) in [5.41, 5.74) is -0.161. The number of nitrogens with one attached hydrogen (secondary N) is 1. The second kappa shape index (κ2) is 8.77. The molecule has 1 saturated carbocycles. The molecule has 0 spiro atoms. The van der Waals surface area contributed by atoms with Gasteiger partial charge in [-0.3, -0.25) is 4.90 Å². The number of ether oxygens (including phenoxy) is 1. The Morgan fingerprint density at radius 1 is 1.17 bits per heavy atom. The first-order valence-electron chi connectivity index (χ1n) is 10.9. The zero-order chi connectivity index (χ0) is 22.0. The SMILES string of the molecule is CC(C)(C)OC(=O)NC1(CCN2CCc3c(cccc3C(F)(F)F)C2)CCCCC1. The maximum absolute atomic E-state index is 13.3. The van der Waals surface area contributed by atoms with Crippen LogP contribution in [0.3, 0.4) is 0 Å². The van der Waals surface area contributed by atoms with Gasteiger partial charge < -0.3 is 10.1 Å². The van der Waals surface area contributed by atoms with E-state index in [1.807, 2.05) is 20.8 Å². The molecule has 0 bridgehead atoms. The van der Waals surface area contributed by atoms with E-state index in [0.717, 1.165) is 50.6 Å². The average Bonchev–Trinajstić information content (AvgIpc) is 2.64. The summed E-state index contributed by atoms with van der Waals surface area (Å²) < 4.78 is 45.3. The van der Waals surface area contributed by atoms with E-state index >= 15 is 0 Å². The summed E-state index contributed by atoms with van der Waals surface area (Å²) in [7, 11) is 0. The number of rotatable bonds is 4. The minimum atomic E-state index is -4.31. The van der Waals surface area contributed by atoms with Crippen molar-refractivity contribution in [3.63, 3.8) is 0 Å². The lowest BCUT2D eigenvalue weighted by atomic mass is 9.79. The summed E-state index contributed by atoms with van der Waals surface area (Å²) in [6.45, 7) is 7.40. The second-order valence-electron chi connectivity index (χ2n) is 9.69. The van der Waals surface area contributed by atoms with Crippen molar-refractivity contribution in [3.8, 4) is 0 Å². The summed E-state index contributed by atoms with van der Waals surface area (Å²) in [6, 6.07) is 4.47. The lowest BCUT2D eigenvalue weighted by Gasteiger charge is -2.40. The summed E-state index contributed by atoms with van der Waals surface area (Å²) in [6.07, 6.45) is 1.60. The van der Waals surface area contributed by atoms with Crippen LogP contribution >= 0.6 is 0 Å². The Labute approximate surface area is 177 Å². The molecule has 1 aliphatic heterocycles. The molecule has 1 N–H and O–H groups in total. The second-order valence-corrected chi connectivity index (χ2v) is 9.69. The first kappa shape index (κ1) is 22.9. The Balaban J connectivity index is 1.65. The monoisotopic (exact) mass is 426 g/mol. The quantitative estimate of drug-likeness (QED) is 0.673. The van der Waals surface area contributed by atoms with Crippen LogP contribution in [-0.2, 0) is 23.9 Å². The van der Waals surface area contributed by atoms with Crippen LogP contribution in [0, 0.1) is 0 Å². The normalized spacial score (nSPS) is 19.8. The lowest BCUT2D eigenvalue weighted by molar-refractivity contribution is -0.138. The number of carbonyl (C=O) groups is 1. The van der Waals surface area contributed by atoms with Gasteiger partial charge in [0, 0.05) is 25.2 Å². The number of benzene rings is 1. The molecule has 1 aromatic rings. The van der Waals surface area contributed by atoms with Gasteiger partial charge >= 0.3 is 12.3 Å².